The molecule has 4 aromatic rings. The second-order valence-corrected chi connectivity index (χ2v) is 9.22. The average molecular weight is 493 g/mol. The predicted octanol–water partition coefficient (Wildman–Crippen LogP) is 5.99. The molecule has 0 aliphatic carbocycles. The van der Waals surface area contributed by atoms with Crippen molar-refractivity contribution in [1.29, 1.82) is 0 Å². The van der Waals surface area contributed by atoms with Crippen LogP contribution in [0.15, 0.2) is 85.1 Å². The number of fused-ring (bicyclic) bond motifs is 1. The van der Waals surface area contributed by atoms with Gasteiger partial charge in [0.05, 0.1) is 5.56 Å². The number of carbonyl (C=O) groups is 2. The maximum absolute atomic E-state index is 12.4. The standard InChI is InChI=1S/C20H20N2O2.C7H5ClO3/c1-20(2,3)16-10-8-14(9-11-16)19(23)21-17-12-15-6-4-5-7-18(15)22(24)13-17;8-6-3-1-2-5(4-6)7(9)11-10/h4-13H,1-3H3,(H,21,23);1-4,10H. The lowest BCUT2D eigenvalue weighted by Crippen LogP contribution is -2.27. The van der Waals surface area contributed by atoms with Crippen LogP contribution in [0.4, 0.5) is 5.69 Å². The summed E-state index contributed by atoms with van der Waals surface area (Å²) in [6.45, 7) is 6.39. The van der Waals surface area contributed by atoms with Crippen LogP contribution in [-0.2, 0) is 10.3 Å². The Bertz CT molecular complexity index is 1350. The molecule has 4 rings (SSSR count). The Morgan fingerprint density at radius 3 is 2.26 bits per heavy atom. The fraction of sp³-hybridized carbons (Fsp3) is 0.148. The predicted molar refractivity (Wildman–Crippen MR) is 135 cm³/mol. The van der Waals surface area contributed by atoms with Crippen molar-refractivity contribution >= 4 is 40.1 Å². The highest BCUT2D eigenvalue weighted by molar-refractivity contribution is 6.30. The Kier molecular flexibility index (Phi) is 8.06. The van der Waals surface area contributed by atoms with E-state index in [2.05, 4.69) is 31.0 Å². The van der Waals surface area contributed by atoms with Crippen LogP contribution in [0.2, 0.25) is 5.02 Å². The summed E-state index contributed by atoms with van der Waals surface area (Å²) in [7, 11) is 0. The minimum atomic E-state index is -0.813. The van der Waals surface area contributed by atoms with Gasteiger partial charge in [-0.05, 0) is 53.4 Å². The van der Waals surface area contributed by atoms with E-state index in [4.69, 9.17) is 16.9 Å². The fourth-order valence-corrected chi connectivity index (χ4v) is 3.46. The Hall–Kier alpha value is -3.94. The van der Waals surface area contributed by atoms with Crippen molar-refractivity contribution in [3.05, 3.63) is 112 Å². The van der Waals surface area contributed by atoms with Crippen molar-refractivity contribution in [3.8, 4) is 0 Å². The highest BCUT2D eigenvalue weighted by Crippen LogP contribution is 2.22. The van der Waals surface area contributed by atoms with E-state index in [0.29, 0.717) is 21.8 Å². The molecule has 0 aliphatic rings. The number of anilines is 1. The zero-order valence-corrected chi connectivity index (χ0v) is 20.2. The van der Waals surface area contributed by atoms with E-state index in [1.54, 1.807) is 24.3 Å². The largest absolute Gasteiger partial charge is 0.618 e. The lowest BCUT2D eigenvalue weighted by molar-refractivity contribution is -0.576. The van der Waals surface area contributed by atoms with Crippen LogP contribution in [0.25, 0.3) is 10.9 Å². The third kappa shape index (κ3) is 6.79. The number of para-hydroxylation sites is 1. The topological polar surface area (TPSA) is 103 Å². The summed E-state index contributed by atoms with van der Waals surface area (Å²) in [5.41, 5.74) is 3.05. The van der Waals surface area contributed by atoms with Gasteiger partial charge in [0.1, 0.15) is 5.69 Å². The molecule has 0 atom stereocenters. The smallest absolute Gasteiger partial charge is 0.372 e. The summed E-state index contributed by atoms with van der Waals surface area (Å²) in [6, 6.07) is 22.7. The molecular formula is C27H25ClN2O5. The molecule has 180 valence electrons. The molecule has 3 aromatic carbocycles. The van der Waals surface area contributed by atoms with Crippen LogP contribution in [-0.4, -0.2) is 17.1 Å². The minimum absolute atomic E-state index is 0.0431. The van der Waals surface area contributed by atoms with E-state index in [9.17, 15) is 14.8 Å². The van der Waals surface area contributed by atoms with Crippen molar-refractivity contribution in [2.75, 3.05) is 5.32 Å². The maximum atomic E-state index is 12.4. The first-order valence-corrected chi connectivity index (χ1v) is 11.1. The molecule has 2 N–H and O–H groups in total. The van der Waals surface area contributed by atoms with Crippen molar-refractivity contribution in [1.82, 2.24) is 0 Å². The van der Waals surface area contributed by atoms with Crippen LogP contribution < -0.4 is 10.0 Å². The molecule has 35 heavy (non-hydrogen) atoms. The van der Waals surface area contributed by atoms with E-state index < -0.39 is 5.97 Å². The SMILES string of the molecule is CC(C)(C)c1ccc(C(=O)Nc2cc3ccccc3[n+]([O-])c2)cc1.O=C(OO)c1cccc(Cl)c1. The molecule has 7 nitrogen and oxygen atoms in total. The van der Waals surface area contributed by atoms with Crippen molar-refractivity contribution < 1.29 is 24.5 Å². The number of nitrogens with one attached hydrogen (secondary N) is 1. The molecule has 0 fully saturated rings. The van der Waals surface area contributed by atoms with Crippen LogP contribution in [0.1, 0.15) is 47.1 Å². The number of halogens is 1. The van der Waals surface area contributed by atoms with Gasteiger partial charge in [0.25, 0.3) is 5.91 Å². The average Bonchev–Trinajstić information content (AvgIpc) is 2.83. The van der Waals surface area contributed by atoms with E-state index in [1.807, 2.05) is 42.5 Å². The van der Waals surface area contributed by atoms with E-state index in [1.165, 1.54) is 23.9 Å². The highest BCUT2D eigenvalue weighted by atomic mass is 35.5. The van der Waals surface area contributed by atoms with Gasteiger partial charge in [0.15, 0.2) is 0 Å². The summed E-state index contributed by atoms with van der Waals surface area (Å²) in [5, 5.41) is 24.0. The summed E-state index contributed by atoms with van der Waals surface area (Å²) >= 11 is 5.56. The zero-order valence-electron chi connectivity index (χ0n) is 19.5. The van der Waals surface area contributed by atoms with Gasteiger partial charge in [-0.25, -0.2) is 4.79 Å². The third-order valence-electron chi connectivity index (χ3n) is 5.16. The number of hydrogen-bond acceptors (Lipinski definition) is 5. The molecule has 0 radical (unpaired) electrons. The quantitative estimate of drug-likeness (QED) is 0.158. The van der Waals surface area contributed by atoms with Gasteiger partial charge in [-0.3, -0.25) is 9.68 Å². The molecule has 0 unspecified atom stereocenters. The lowest BCUT2D eigenvalue weighted by atomic mass is 9.87. The van der Waals surface area contributed by atoms with Crippen molar-refractivity contribution in [2.24, 2.45) is 0 Å². The Morgan fingerprint density at radius 2 is 1.63 bits per heavy atom. The highest BCUT2D eigenvalue weighted by Gasteiger charge is 2.15. The molecular weight excluding hydrogens is 468 g/mol. The summed E-state index contributed by atoms with van der Waals surface area (Å²) in [5.74, 6) is -1.04. The molecule has 1 aromatic heterocycles. The van der Waals surface area contributed by atoms with Crippen LogP contribution in [0, 0.1) is 5.21 Å². The van der Waals surface area contributed by atoms with Gasteiger partial charge in [-0.2, -0.15) is 9.99 Å². The molecule has 1 heterocycles. The summed E-state index contributed by atoms with van der Waals surface area (Å²) in [4.78, 5) is 26.5. The number of aromatic nitrogens is 1. The normalized spacial score (nSPS) is 10.8. The Balaban J connectivity index is 0.000000261. The van der Waals surface area contributed by atoms with Gasteiger partial charge in [-0.15, -0.1) is 0 Å². The molecule has 8 heteroatoms. The molecule has 0 saturated heterocycles. The number of benzene rings is 3. The van der Waals surface area contributed by atoms with E-state index in [-0.39, 0.29) is 16.9 Å². The minimum Gasteiger partial charge on any atom is -0.618 e. The number of hydrogen-bond donors (Lipinski definition) is 2. The number of nitrogens with zero attached hydrogens (tertiary/aromatic N) is 1. The first-order chi connectivity index (χ1) is 16.6. The monoisotopic (exact) mass is 492 g/mol. The van der Waals surface area contributed by atoms with Gasteiger partial charge in [-0.1, -0.05) is 62.7 Å². The van der Waals surface area contributed by atoms with Gasteiger partial charge < -0.3 is 10.5 Å². The van der Waals surface area contributed by atoms with Gasteiger partial charge in [0, 0.05) is 22.0 Å². The number of amides is 1. The van der Waals surface area contributed by atoms with Crippen LogP contribution in [0.5, 0.6) is 0 Å². The summed E-state index contributed by atoms with van der Waals surface area (Å²) < 4.78 is 0.771. The molecule has 1 amide bonds. The Labute approximate surface area is 208 Å². The van der Waals surface area contributed by atoms with E-state index >= 15 is 0 Å². The first-order valence-electron chi connectivity index (χ1n) is 10.7. The third-order valence-corrected chi connectivity index (χ3v) is 5.39. The number of pyridine rings is 1. The first kappa shape index (κ1) is 25.7. The lowest BCUT2D eigenvalue weighted by Gasteiger charge is -2.19. The van der Waals surface area contributed by atoms with Crippen molar-refractivity contribution in [2.45, 2.75) is 26.2 Å². The van der Waals surface area contributed by atoms with E-state index in [0.717, 1.165) is 10.1 Å². The second kappa shape index (κ2) is 11.0. The zero-order chi connectivity index (χ0) is 25.6. The van der Waals surface area contributed by atoms with Crippen molar-refractivity contribution in [3.63, 3.8) is 0 Å². The number of rotatable bonds is 3. The Morgan fingerprint density at radius 1 is 0.943 bits per heavy atom. The molecule has 0 saturated carbocycles. The van der Waals surface area contributed by atoms with Gasteiger partial charge in [0.2, 0.25) is 11.7 Å². The molecule has 0 bridgehead atoms. The van der Waals surface area contributed by atoms with Crippen LogP contribution in [0.3, 0.4) is 0 Å². The van der Waals surface area contributed by atoms with Crippen LogP contribution >= 0.6 is 11.6 Å². The summed E-state index contributed by atoms with van der Waals surface area (Å²) in [6.07, 6.45) is 1.38. The fourth-order valence-electron chi connectivity index (χ4n) is 3.27. The second-order valence-electron chi connectivity index (χ2n) is 8.78. The molecule has 0 spiro atoms. The number of carbonyl (C=O) groups excluding carboxylic acids is 2. The molecule has 0 aliphatic heterocycles. The maximum Gasteiger partial charge on any atom is 0.372 e. The van der Waals surface area contributed by atoms with Gasteiger partial charge >= 0.3 is 5.97 Å².